The molecular formula is C15H17N5O2S2. The summed E-state index contributed by atoms with van der Waals surface area (Å²) in [7, 11) is 0. The van der Waals surface area contributed by atoms with Crippen molar-refractivity contribution in [3.8, 4) is 0 Å². The zero-order valence-corrected chi connectivity index (χ0v) is 14.8. The molecule has 24 heavy (non-hydrogen) atoms. The number of unbranched alkanes of at least 4 members (excludes halogenated alkanes) is 1. The number of aromatic nitrogens is 4. The van der Waals surface area contributed by atoms with Crippen molar-refractivity contribution in [1.82, 2.24) is 19.7 Å². The van der Waals surface area contributed by atoms with Gasteiger partial charge in [-0.3, -0.25) is 14.2 Å². The third-order valence-electron chi connectivity index (χ3n) is 3.49. The van der Waals surface area contributed by atoms with Gasteiger partial charge >= 0.3 is 0 Å². The molecule has 7 nitrogen and oxygen atoms in total. The first-order chi connectivity index (χ1) is 11.7. The van der Waals surface area contributed by atoms with Crippen LogP contribution in [0.2, 0.25) is 0 Å². The first-order valence-corrected chi connectivity index (χ1v) is 9.42. The van der Waals surface area contributed by atoms with Crippen molar-refractivity contribution in [2.24, 2.45) is 0 Å². The van der Waals surface area contributed by atoms with E-state index in [0.717, 1.165) is 24.3 Å². The van der Waals surface area contributed by atoms with Gasteiger partial charge in [0.05, 0.1) is 11.7 Å². The SMILES string of the molecule is CCCCc1nnc(NC(=O)CCn2cnc3sccc3c2=O)s1. The number of carbonyl (C=O) groups is 1. The van der Waals surface area contributed by atoms with Crippen LogP contribution in [-0.4, -0.2) is 25.7 Å². The standard InChI is InChI=1S/C15H17N5O2S2/c1-2-3-4-12-18-19-15(24-12)17-11(21)5-7-20-9-16-13-10(14(20)22)6-8-23-13/h6,8-9H,2-5,7H2,1H3,(H,17,19,21). The van der Waals surface area contributed by atoms with E-state index >= 15 is 0 Å². The molecule has 3 aromatic heterocycles. The van der Waals surface area contributed by atoms with E-state index in [4.69, 9.17) is 0 Å². The predicted molar refractivity (Wildman–Crippen MR) is 95.6 cm³/mol. The summed E-state index contributed by atoms with van der Waals surface area (Å²) < 4.78 is 1.46. The predicted octanol–water partition coefficient (Wildman–Crippen LogP) is 2.68. The molecule has 0 aromatic carbocycles. The van der Waals surface area contributed by atoms with Crippen molar-refractivity contribution in [2.45, 2.75) is 39.2 Å². The molecule has 0 saturated carbocycles. The number of rotatable bonds is 7. The van der Waals surface area contributed by atoms with Gasteiger partial charge in [-0.15, -0.1) is 21.5 Å². The van der Waals surface area contributed by atoms with E-state index in [-0.39, 0.29) is 24.4 Å². The van der Waals surface area contributed by atoms with Crippen molar-refractivity contribution in [1.29, 1.82) is 0 Å². The summed E-state index contributed by atoms with van der Waals surface area (Å²) in [5, 5.41) is 14.6. The Morgan fingerprint density at radius 3 is 3.08 bits per heavy atom. The Morgan fingerprint density at radius 2 is 2.25 bits per heavy atom. The Bertz CT molecular complexity index is 899. The van der Waals surface area contributed by atoms with E-state index in [0.29, 0.717) is 15.3 Å². The van der Waals surface area contributed by atoms with Gasteiger partial charge in [-0.25, -0.2) is 4.98 Å². The molecule has 3 aromatic rings. The lowest BCUT2D eigenvalue weighted by atomic mass is 10.3. The molecule has 3 rings (SSSR count). The molecule has 0 atom stereocenters. The second kappa shape index (κ2) is 7.63. The lowest BCUT2D eigenvalue weighted by molar-refractivity contribution is -0.116. The highest BCUT2D eigenvalue weighted by atomic mass is 32.1. The van der Waals surface area contributed by atoms with E-state index in [1.165, 1.54) is 33.6 Å². The topological polar surface area (TPSA) is 89.8 Å². The van der Waals surface area contributed by atoms with Gasteiger partial charge in [0.15, 0.2) is 0 Å². The van der Waals surface area contributed by atoms with Crippen LogP contribution in [0.1, 0.15) is 31.2 Å². The van der Waals surface area contributed by atoms with E-state index in [1.54, 1.807) is 6.07 Å². The molecule has 0 aliphatic heterocycles. The Morgan fingerprint density at radius 1 is 1.38 bits per heavy atom. The number of hydrogen-bond acceptors (Lipinski definition) is 7. The normalized spacial score (nSPS) is 11.0. The third kappa shape index (κ3) is 3.85. The lowest BCUT2D eigenvalue weighted by Gasteiger charge is -2.04. The van der Waals surface area contributed by atoms with Gasteiger partial charge in [-0.1, -0.05) is 24.7 Å². The quantitative estimate of drug-likeness (QED) is 0.697. The molecule has 0 aliphatic rings. The minimum absolute atomic E-state index is 0.119. The van der Waals surface area contributed by atoms with E-state index in [1.807, 2.05) is 5.38 Å². The average Bonchev–Trinajstić information content (AvgIpc) is 3.22. The lowest BCUT2D eigenvalue weighted by Crippen LogP contribution is -2.23. The first-order valence-electron chi connectivity index (χ1n) is 7.72. The zero-order chi connectivity index (χ0) is 16.9. The van der Waals surface area contributed by atoms with Crippen molar-refractivity contribution < 1.29 is 4.79 Å². The van der Waals surface area contributed by atoms with Crippen LogP contribution < -0.4 is 10.9 Å². The van der Waals surface area contributed by atoms with Gasteiger partial charge < -0.3 is 5.32 Å². The molecule has 9 heteroatoms. The maximum atomic E-state index is 12.2. The van der Waals surface area contributed by atoms with E-state index in [2.05, 4.69) is 27.4 Å². The van der Waals surface area contributed by atoms with Gasteiger partial charge in [-0.05, 0) is 17.9 Å². The molecule has 1 N–H and O–H groups in total. The molecule has 3 heterocycles. The number of carbonyl (C=O) groups excluding carboxylic acids is 1. The fourth-order valence-corrected chi connectivity index (χ4v) is 3.71. The largest absolute Gasteiger partial charge is 0.300 e. The van der Waals surface area contributed by atoms with Crippen LogP contribution in [0.3, 0.4) is 0 Å². The molecule has 126 valence electrons. The fourth-order valence-electron chi connectivity index (χ4n) is 2.19. The highest BCUT2D eigenvalue weighted by Gasteiger charge is 2.10. The highest BCUT2D eigenvalue weighted by Crippen LogP contribution is 2.17. The average molecular weight is 363 g/mol. The summed E-state index contributed by atoms with van der Waals surface area (Å²) in [6, 6.07) is 1.75. The van der Waals surface area contributed by atoms with Crippen LogP contribution in [0.5, 0.6) is 0 Å². The number of thiophene rings is 1. The van der Waals surface area contributed by atoms with Crippen LogP contribution in [0.15, 0.2) is 22.6 Å². The van der Waals surface area contributed by atoms with Crippen molar-refractivity contribution in [2.75, 3.05) is 5.32 Å². The molecular weight excluding hydrogens is 346 g/mol. The summed E-state index contributed by atoms with van der Waals surface area (Å²) in [5.74, 6) is -0.189. The van der Waals surface area contributed by atoms with Gasteiger partial charge in [-0.2, -0.15) is 0 Å². The second-order valence-corrected chi connectivity index (χ2v) is 7.24. The number of anilines is 1. The van der Waals surface area contributed by atoms with E-state index in [9.17, 15) is 9.59 Å². The molecule has 0 aliphatic carbocycles. The Hall–Kier alpha value is -2.13. The summed E-state index contributed by atoms with van der Waals surface area (Å²) >= 11 is 2.82. The number of nitrogens with one attached hydrogen (secondary N) is 1. The molecule has 0 saturated heterocycles. The minimum atomic E-state index is -0.189. The molecule has 0 unspecified atom stereocenters. The summed E-state index contributed by atoms with van der Waals surface area (Å²) in [6.45, 7) is 2.40. The first kappa shape index (κ1) is 16.7. The number of nitrogens with zero attached hydrogens (tertiary/aromatic N) is 4. The molecule has 1 amide bonds. The maximum absolute atomic E-state index is 12.2. The maximum Gasteiger partial charge on any atom is 0.262 e. The molecule has 0 radical (unpaired) electrons. The van der Waals surface area contributed by atoms with Crippen LogP contribution in [0, 0.1) is 0 Å². The van der Waals surface area contributed by atoms with Crippen LogP contribution in [0.25, 0.3) is 10.2 Å². The Labute approximate surface area is 146 Å². The smallest absolute Gasteiger partial charge is 0.262 e. The summed E-state index contributed by atoms with van der Waals surface area (Å²) in [4.78, 5) is 29.2. The Kier molecular flexibility index (Phi) is 5.31. The van der Waals surface area contributed by atoms with Crippen LogP contribution >= 0.6 is 22.7 Å². The third-order valence-corrected chi connectivity index (χ3v) is 5.21. The number of amides is 1. The highest BCUT2D eigenvalue weighted by molar-refractivity contribution is 7.16. The molecule has 0 spiro atoms. The minimum Gasteiger partial charge on any atom is -0.300 e. The van der Waals surface area contributed by atoms with Gasteiger partial charge in [0.1, 0.15) is 9.84 Å². The monoisotopic (exact) mass is 363 g/mol. The van der Waals surface area contributed by atoms with E-state index < -0.39 is 0 Å². The molecule has 0 fully saturated rings. The van der Waals surface area contributed by atoms with Crippen LogP contribution in [0.4, 0.5) is 5.13 Å². The second-order valence-electron chi connectivity index (χ2n) is 5.29. The molecule has 0 bridgehead atoms. The van der Waals surface area contributed by atoms with Crippen molar-refractivity contribution in [3.63, 3.8) is 0 Å². The van der Waals surface area contributed by atoms with Gasteiger partial charge in [0, 0.05) is 19.4 Å². The summed E-state index contributed by atoms with van der Waals surface area (Å²) in [5.41, 5.74) is -0.119. The Balaban J connectivity index is 1.57. The number of aryl methyl sites for hydroxylation is 2. The van der Waals surface area contributed by atoms with Crippen molar-refractivity contribution in [3.05, 3.63) is 33.1 Å². The van der Waals surface area contributed by atoms with Gasteiger partial charge in [0.2, 0.25) is 11.0 Å². The van der Waals surface area contributed by atoms with Crippen LogP contribution in [-0.2, 0) is 17.8 Å². The zero-order valence-electron chi connectivity index (χ0n) is 13.2. The van der Waals surface area contributed by atoms with Gasteiger partial charge in [0.25, 0.3) is 5.56 Å². The number of fused-ring (bicyclic) bond motifs is 1. The summed E-state index contributed by atoms with van der Waals surface area (Å²) in [6.07, 6.45) is 4.71. The number of hydrogen-bond donors (Lipinski definition) is 1. The fraction of sp³-hybridized carbons (Fsp3) is 0.400. The van der Waals surface area contributed by atoms with Crippen molar-refractivity contribution >= 4 is 43.9 Å².